The van der Waals surface area contributed by atoms with Gasteiger partial charge in [-0.25, -0.2) is 4.79 Å². The van der Waals surface area contributed by atoms with Gasteiger partial charge in [-0.15, -0.1) is 11.3 Å². The third kappa shape index (κ3) is 6.99. The summed E-state index contributed by atoms with van der Waals surface area (Å²) in [5.41, 5.74) is 1.57. The molecule has 0 saturated heterocycles. The molecular weight excluding hydrogens is 465 g/mol. The first-order valence-electron chi connectivity index (χ1n) is 10.3. The van der Waals surface area contributed by atoms with E-state index in [0.717, 1.165) is 16.9 Å². The summed E-state index contributed by atoms with van der Waals surface area (Å²) in [6.45, 7) is 3.39. The Kier molecular flexibility index (Phi) is 8.97. The van der Waals surface area contributed by atoms with Gasteiger partial charge in [-0.2, -0.15) is 0 Å². The van der Waals surface area contributed by atoms with E-state index in [-0.39, 0.29) is 18.5 Å². The molecule has 0 radical (unpaired) electrons. The van der Waals surface area contributed by atoms with E-state index in [4.69, 9.17) is 23.2 Å². The number of halogens is 2. The average Bonchev–Trinajstić information content (AvgIpc) is 3.29. The van der Waals surface area contributed by atoms with E-state index in [9.17, 15) is 9.59 Å². The highest BCUT2D eigenvalue weighted by molar-refractivity contribution is 7.09. The molecule has 2 aromatic carbocycles. The normalized spacial score (nSPS) is 10.6. The Morgan fingerprint density at radius 2 is 1.72 bits per heavy atom. The van der Waals surface area contributed by atoms with Gasteiger partial charge in [0.25, 0.3) is 0 Å². The first-order valence-corrected chi connectivity index (χ1v) is 11.9. The zero-order chi connectivity index (χ0) is 22.9. The summed E-state index contributed by atoms with van der Waals surface area (Å²) in [6.07, 6.45) is 0.728. The van der Waals surface area contributed by atoms with Crippen LogP contribution in [0, 0.1) is 0 Å². The van der Waals surface area contributed by atoms with Gasteiger partial charge in [0, 0.05) is 23.7 Å². The van der Waals surface area contributed by atoms with Crippen LogP contribution in [0.1, 0.15) is 23.8 Å². The lowest BCUT2D eigenvalue weighted by Crippen LogP contribution is -2.44. The van der Waals surface area contributed by atoms with Crippen molar-refractivity contribution in [2.45, 2.75) is 26.4 Å². The Bertz CT molecular complexity index is 1030. The monoisotopic (exact) mass is 489 g/mol. The quantitative estimate of drug-likeness (QED) is 0.371. The van der Waals surface area contributed by atoms with Crippen molar-refractivity contribution in [3.63, 3.8) is 0 Å². The van der Waals surface area contributed by atoms with Crippen LogP contribution < -0.4 is 5.32 Å². The third-order valence-corrected chi connectivity index (χ3v) is 6.37. The van der Waals surface area contributed by atoms with Crippen molar-refractivity contribution >= 4 is 52.2 Å². The van der Waals surface area contributed by atoms with Gasteiger partial charge in [0.2, 0.25) is 5.91 Å². The Morgan fingerprint density at radius 1 is 0.938 bits per heavy atom. The number of carbonyl (C=O) groups is 2. The second kappa shape index (κ2) is 11.9. The topological polar surface area (TPSA) is 52.7 Å². The predicted octanol–water partition coefficient (Wildman–Crippen LogP) is 6.53. The highest BCUT2D eigenvalue weighted by Gasteiger charge is 2.22. The highest BCUT2D eigenvalue weighted by atomic mass is 35.5. The molecule has 0 unspecified atom stereocenters. The molecule has 0 spiro atoms. The maximum Gasteiger partial charge on any atom is 0.322 e. The minimum absolute atomic E-state index is 0.0147. The second-order valence-electron chi connectivity index (χ2n) is 7.30. The minimum Gasteiger partial charge on any atom is -0.332 e. The molecule has 5 nitrogen and oxygen atoms in total. The Hall–Kier alpha value is -2.54. The number of rotatable bonds is 9. The van der Waals surface area contributed by atoms with E-state index in [0.29, 0.717) is 35.4 Å². The number of anilines is 1. The molecule has 168 valence electrons. The molecule has 0 aliphatic carbocycles. The van der Waals surface area contributed by atoms with E-state index < -0.39 is 0 Å². The smallest absolute Gasteiger partial charge is 0.322 e. The first-order chi connectivity index (χ1) is 15.5. The van der Waals surface area contributed by atoms with Crippen LogP contribution in [0.4, 0.5) is 10.5 Å². The van der Waals surface area contributed by atoms with Gasteiger partial charge in [0.05, 0.1) is 16.6 Å². The fraction of sp³-hybridized carbons (Fsp3) is 0.250. The summed E-state index contributed by atoms with van der Waals surface area (Å²) in [7, 11) is 0. The van der Waals surface area contributed by atoms with Crippen molar-refractivity contribution in [2.24, 2.45) is 0 Å². The largest absolute Gasteiger partial charge is 0.332 e. The molecule has 1 N–H and O–H groups in total. The lowest BCUT2D eigenvalue weighted by Gasteiger charge is -2.27. The van der Waals surface area contributed by atoms with E-state index in [1.807, 2.05) is 54.8 Å². The summed E-state index contributed by atoms with van der Waals surface area (Å²) < 4.78 is 0. The van der Waals surface area contributed by atoms with Crippen molar-refractivity contribution < 1.29 is 9.59 Å². The molecule has 0 saturated carbocycles. The molecule has 0 fully saturated rings. The number of thiophene rings is 1. The maximum atomic E-state index is 13.3. The highest BCUT2D eigenvalue weighted by Crippen LogP contribution is 2.25. The van der Waals surface area contributed by atoms with Gasteiger partial charge in [-0.3, -0.25) is 4.79 Å². The van der Waals surface area contributed by atoms with Gasteiger partial charge in [0.1, 0.15) is 6.54 Å². The molecule has 0 aliphatic rings. The van der Waals surface area contributed by atoms with Gasteiger partial charge in [-0.1, -0.05) is 66.5 Å². The van der Waals surface area contributed by atoms with Crippen LogP contribution in [0.2, 0.25) is 10.0 Å². The maximum absolute atomic E-state index is 13.3. The van der Waals surface area contributed by atoms with E-state index in [1.54, 1.807) is 34.4 Å². The van der Waals surface area contributed by atoms with Crippen molar-refractivity contribution in [1.29, 1.82) is 0 Å². The number of benzene rings is 2. The third-order valence-electron chi connectivity index (χ3n) is 4.77. The number of nitrogens with zero attached hydrogens (tertiary/aromatic N) is 2. The molecule has 0 atom stereocenters. The lowest BCUT2D eigenvalue weighted by atomic mass is 10.2. The SMILES string of the molecule is CCCN(CC(=O)N(Cc1ccccc1)Cc1cccs1)C(=O)Nc1ccc(Cl)c(Cl)c1. The molecule has 1 aromatic heterocycles. The second-order valence-corrected chi connectivity index (χ2v) is 9.14. The number of hydrogen-bond acceptors (Lipinski definition) is 3. The van der Waals surface area contributed by atoms with Crippen molar-refractivity contribution in [3.8, 4) is 0 Å². The zero-order valence-corrected chi connectivity index (χ0v) is 20.1. The van der Waals surface area contributed by atoms with Crippen LogP contribution in [-0.4, -0.2) is 34.8 Å². The number of hydrogen-bond donors (Lipinski definition) is 1. The van der Waals surface area contributed by atoms with E-state index in [2.05, 4.69) is 5.32 Å². The molecule has 0 bridgehead atoms. The summed E-state index contributed by atoms with van der Waals surface area (Å²) in [4.78, 5) is 30.6. The first kappa shape index (κ1) is 24.1. The van der Waals surface area contributed by atoms with Crippen LogP contribution in [0.15, 0.2) is 66.0 Å². The fourth-order valence-electron chi connectivity index (χ4n) is 3.19. The van der Waals surface area contributed by atoms with Gasteiger partial charge in [0.15, 0.2) is 0 Å². The predicted molar refractivity (Wildman–Crippen MR) is 132 cm³/mol. The van der Waals surface area contributed by atoms with Crippen molar-refractivity contribution in [3.05, 3.63) is 86.5 Å². The molecule has 3 rings (SSSR count). The zero-order valence-electron chi connectivity index (χ0n) is 17.8. The molecule has 32 heavy (non-hydrogen) atoms. The molecule has 8 heteroatoms. The molecule has 3 aromatic rings. The van der Waals surface area contributed by atoms with Gasteiger partial charge >= 0.3 is 6.03 Å². The molecular formula is C24H25Cl2N3O2S. The standard InChI is InChI=1S/C24H25Cl2N3O2S/c1-2-12-28(24(31)27-19-10-11-21(25)22(26)14-19)17-23(30)29(16-20-9-6-13-32-20)15-18-7-4-3-5-8-18/h3-11,13-14H,2,12,15-17H2,1H3,(H,27,31). The van der Waals surface area contributed by atoms with Gasteiger partial charge in [-0.05, 0) is 41.6 Å². The van der Waals surface area contributed by atoms with Crippen molar-refractivity contribution in [1.82, 2.24) is 9.80 Å². The number of urea groups is 1. The fourth-order valence-corrected chi connectivity index (χ4v) is 4.21. The van der Waals surface area contributed by atoms with Crippen LogP contribution in [-0.2, 0) is 17.9 Å². The summed E-state index contributed by atoms with van der Waals surface area (Å²) in [6, 6.07) is 18.4. The summed E-state index contributed by atoms with van der Waals surface area (Å²) in [5, 5.41) is 5.57. The molecule has 3 amide bonds. The Labute approximate surface area is 202 Å². The molecule has 0 aliphatic heterocycles. The van der Waals surface area contributed by atoms with Crippen LogP contribution >= 0.6 is 34.5 Å². The van der Waals surface area contributed by atoms with E-state index >= 15 is 0 Å². The lowest BCUT2D eigenvalue weighted by molar-refractivity contribution is -0.133. The van der Waals surface area contributed by atoms with Gasteiger partial charge < -0.3 is 15.1 Å². The van der Waals surface area contributed by atoms with Crippen LogP contribution in [0.3, 0.4) is 0 Å². The number of carbonyl (C=O) groups excluding carboxylic acids is 2. The Balaban J connectivity index is 1.72. The summed E-state index contributed by atoms with van der Waals surface area (Å²) in [5.74, 6) is -0.111. The van der Waals surface area contributed by atoms with Crippen LogP contribution in [0.25, 0.3) is 0 Å². The number of nitrogens with one attached hydrogen (secondary N) is 1. The van der Waals surface area contributed by atoms with E-state index in [1.165, 1.54) is 4.90 Å². The summed E-state index contributed by atoms with van der Waals surface area (Å²) >= 11 is 13.6. The molecule has 1 heterocycles. The minimum atomic E-state index is -0.352. The number of amides is 3. The Morgan fingerprint density at radius 3 is 2.38 bits per heavy atom. The van der Waals surface area contributed by atoms with Crippen LogP contribution in [0.5, 0.6) is 0 Å². The van der Waals surface area contributed by atoms with Crippen molar-refractivity contribution in [2.75, 3.05) is 18.4 Å². The average molecular weight is 490 g/mol.